The number of H-pyrrole nitrogens is 1. The van der Waals surface area contributed by atoms with Crippen molar-refractivity contribution in [3.05, 3.63) is 29.3 Å². The van der Waals surface area contributed by atoms with Gasteiger partial charge < -0.3 is 9.88 Å². The second-order valence-electron chi connectivity index (χ2n) is 7.37. The van der Waals surface area contributed by atoms with Gasteiger partial charge in [0.2, 0.25) is 5.91 Å². The van der Waals surface area contributed by atoms with E-state index in [1.165, 1.54) is 5.57 Å². The summed E-state index contributed by atoms with van der Waals surface area (Å²) < 4.78 is 0. The van der Waals surface area contributed by atoms with Gasteiger partial charge in [-0.15, -0.1) is 0 Å². The van der Waals surface area contributed by atoms with Crippen molar-refractivity contribution >= 4 is 49.1 Å². The second kappa shape index (κ2) is 8.20. The molecule has 0 saturated carbocycles. The van der Waals surface area contributed by atoms with Gasteiger partial charge in [0.1, 0.15) is 15.7 Å². The Bertz CT molecular complexity index is 914. The molecule has 4 rings (SSSR count). The molecule has 0 saturated heterocycles. The average molecular weight is 373 g/mol. The largest absolute Gasteiger partial charge is 0.368 e. The Morgan fingerprint density at radius 1 is 1.25 bits per heavy atom. The van der Waals surface area contributed by atoms with Gasteiger partial charge in [0.05, 0.1) is 5.92 Å². The first-order valence-electron chi connectivity index (χ1n) is 10.4. The van der Waals surface area contributed by atoms with E-state index in [1.807, 2.05) is 38.7 Å². The molecule has 2 aliphatic rings. The first-order chi connectivity index (χ1) is 13.5. The lowest BCUT2D eigenvalue weighted by molar-refractivity contribution is -0.134. The molecular weight excluding hydrogens is 344 g/mol. The summed E-state index contributed by atoms with van der Waals surface area (Å²) in [6, 6.07) is 4.24. The molecule has 0 fully saturated rings. The molecule has 144 valence electrons. The van der Waals surface area contributed by atoms with Crippen molar-refractivity contribution in [1.82, 2.24) is 14.8 Å². The number of nitrogens with zero attached hydrogens (tertiary/aromatic N) is 2. The number of carbonyl (C=O) groups excluding carboxylic acids is 1. The number of benzene rings is 1. The zero-order chi connectivity index (χ0) is 20.6. The van der Waals surface area contributed by atoms with Crippen LogP contribution >= 0.6 is 0 Å². The Kier molecular flexibility index (Phi) is 6.09. The summed E-state index contributed by atoms with van der Waals surface area (Å²) in [6.45, 7) is 10.3. The number of fused-ring (bicyclic) bond motifs is 2. The Labute approximate surface area is 171 Å². The van der Waals surface area contributed by atoms with Crippen molar-refractivity contribution in [3.63, 3.8) is 0 Å². The number of aromatic nitrogens is 1. The zero-order valence-electron chi connectivity index (χ0n) is 17.7. The van der Waals surface area contributed by atoms with Crippen LogP contribution < -0.4 is 11.1 Å². The monoisotopic (exact) mass is 373 g/mol. The van der Waals surface area contributed by atoms with E-state index in [2.05, 4.69) is 29.1 Å². The third kappa shape index (κ3) is 3.22. The number of rotatable bonds is 3. The predicted octanol–water partition coefficient (Wildman–Crippen LogP) is 1.52. The fourth-order valence-corrected chi connectivity index (χ4v) is 4.57. The lowest BCUT2D eigenvalue weighted by atomic mass is 9.76. The molecule has 1 aromatic heterocycles. The van der Waals surface area contributed by atoms with E-state index in [4.69, 9.17) is 15.7 Å². The normalized spacial score (nSPS) is 20.8. The summed E-state index contributed by atoms with van der Waals surface area (Å²) in [5.41, 5.74) is 5.84. The van der Waals surface area contributed by atoms with E-state index in [-0.39, 0.29) is 17.9 Å². The SMILES string of the molecule is CC.[B]c1[nH]c2c([B])ccc3c2c1CC1C3=CC(C(=O)N(CC)CC)CN1C. The van der Waals surface area contributed by atoms with Crippen molar-refractivity contribution < 1.29 is 4.79 Å². The van der Waals surface area contributed by atoms with Crippen LogP contribution in [0.5, 0.6) is 0 Å². The highest BCUT2D eigenvalue weighted by molar-refractivity contribution is 6.41. The maximum atomic E-state index is 12.9. The number of hydrogen-bond donors (Lipinski definition) is 1. The van der Waals surface area contributed by atoms with Crippen molar-refractivity contribution in [1.29, 1.82) is 0 Å². The topological polar surface area (TPSA) is 39.3 Å². The molecule has 1 N–H and O–H groups in total. The first-order valence-corrected chi connectivity index (χ1v) is 10.4. The summed E-state index contributed by atoms with van der Waals surface area (Å²) in [5, 5.41) is 1.12. The van der Waals surface area contributed by atoms with Gasteiger partial charge in [0.25, 0.3) is 0 Å². The van der Waals surface area contributed by atoms with Gasteiger partial charge in [0, 0.05) is 36.6 Å². The van der Waals surface area contributed by atoms with Gasteiger partial charge in [-0.2, -0.15) is 0 Å². The molecule has 4 radical (unpaired) electrons. The molecule has 4 nitrogen and oxygen atoms in total. The number of hydrogen-bond acceptors (Lipinski definition) is 2. The molecule has 2 aromatic rings. The van der Waals surface area contributed by atoms with Gasteiger partial charge in [-0.05, 0) is 49.6 Å². The number of aromatic amines is 1. The van der Waals surface area contributed by atoms with E-state index in [1.54, 1.807) is 0 Å². The molecule has 6 heteroatoms. The standard InChI is InChI=1S/C20H23B2N3O.C2H6/c1-4-25(5-2)20(26)11-8-13-12-6-7-15(21)18-17(12)14(19(22)23-18)9-16(13)24(3)10-11;1-2/h6-8,11,16,23H,4-5,9-10H2,1-3H3;1-2H3. The van der Waals surface area contributed by atoms with Crippen molar-refractivity contribution in [2.75, 3.05) is 26.7 Å². The van der Waals surface area contributed by atoms with E-state index in [0.29, 0.717) is 11.1 Å². The van der Waals surface area contributed by atoms with Crippen LogP contribution in [0.25, 0.3) is 16.5 Å². The van der Waals surface area contributed by atoms with Crippen LogP contribution in [-0.4, -0.2) is 69.1 Å². The smallest absolute Gasteiger partial charge is 0.230 e. The third-order valence-electron chi connectivity index (χ3n) is 5.98. The van der Waals surface area contributed by atoms with Crippen LogP contribution in [0.15, 0.2) is 18.2 Å². The molecule has 2 atom stereocenters. The third-order valence-corrected chi connectivity index (χ3v) is 5.98. The molecule has 28 heavy (non-hydrogen) atoms. The molecule has 0 bridgehead atoms. The molecule has 1 aromatic carbocycles. The highest BCUT2D eigenvalue weighted by atomic mass is 16.2. The van der Waals surface area contributed by atoms with Crippen LogP contribution in [0.3, 0.4) is 0 Å². The molecule has 1 aliphatic carbocycles. The highest BCUT2D eigenvalue weighted by Crippen LogP contribution is 2.39. The highest BCUT2D eigenvalue weighted by Gasteiger charge is 2.37. The van der Waals surface area contributed by atoms with Gasteiger partial charge in [-0.25, -0.2) is 0 Å². The quantitative estimate of drug-likeness (QED) is 0.829. The van der Waals surface area contributed by atoms with Gasteiger partial charge in [-0.1, -0.05) is 37.5 Å². The summed E-state index contributed by atoms with van der Waals surface area (Å²) >= 11 is 0. The van der Waals surface area contributed by atoms with Crippen molar-refractivity contribution in [2.24, 2.45) is 5.92 Å². The first kappa shape index (κ1) is 20.8. The van der Waals surface area contributed by atoms with Crippen LogP contribution in [0.4, 0.5) is 0 Å². The molecule has 0 spiro atoms. The lowest BCUT2D eigenvalue weighted by Crippen LogP contribution is -2.48. The number of likely N-dealkylation sites (N-methyl/N-ethyl adjacent to an activating group) is 1. The minimum atomic E-state index is -0.114. The number of nitrogens with one attached hydrogen (secondary N) is 1. The van der Waals surface area contributed by atoms with E-state index >= 15 is 0 Å². The second-order valence-corrected chi connectivity index (χ2v) is 7.37. The van der Waals surface area contributed by atoms with E-state index in [0.717, 1.165) is 48.1 Å². The van der Waals surface area contributed by atoms with Crippen LogP contribution in [0.1, 0.15) is 38.8 Å². The minimum Gasteiger partial charge on any atom is -0.368 e. The molecule has 1 aliphatic heterocycles. The Hall–Kier alpha value is -1.94. The van der Waals surface area contributed by atoms with Gasteiger partial charge in [0.15, 0.2) is 0 Å². The summed E-state index contributed by atoms with van der Waals surface area (Å²) in [5.74, 6) is 0.0930. The number of carbonyl (C=O) groups is 1. The predicted molar refractivity (Wildman–Crippen MR) is 120 cm³/mol. The van der Waals surface area contributed by atoms with Crippen LogP contribution in [0, 0.1) is 5.92 Å². The Morgan fingerprint density at radius 3 is 2.57 bits per heavy atom. The zero-order valence-corrected chi connectivity index (χ0v) is 17.7. The minimum absolute atomic E-state index is 0.114. The molecule has 2 heterocycles. The summed E-state index contributed by atoms with van der Waals surface area (Å²) in [7, 11) is 14.5. The van der Waals surface area contributed by atoms with Gasteiger partial charge >= 0.3 is 0 Å². The van der Waals surface area contributed by atoms with Crippen molar-refractivity contribution in [2.45, 2.75) is 40.2 Å². The maximum absolute atomic E-state index is 12.9. The Balaban J connectivity index is 0.00000109. The summed E-state index contributed by atoms with van der Waals surface area (Å²) in [6.07, 6.45) is 3.03. The summed E-state index contributed by atoms with van der Waals surface area (Å²) in [4.78, 5) is 20.4. The average Bonchev–Trinajstić information content (AvgIpc) is 3.04. The molecule has 2 unspecified atom stereocenters. The Morgan fingerprint density at radius 2 is 1.93 bits per heavy atom. The fourth-order valence-electron chi connectivity index (χ4n) is 4.57. The molecule has 1 amide bonds. The number of amides is 1. The van der Waals surface area contributed by atoms with E-state index in [9.17, 15) is 4.79 Å². The van der Waals surface area contributed by atoms with Crippen LogP contribution in [0.2, 0.25) is 0 Å². The van der Waals surface area contributed by atoms with E-state index < -0.39 is 0 Å². The molecular formula is C22H29B2N3O. The van der Waals surface area contributed by atoms with Crippen LogP contribution in [-0.2, 0) is 11.2 Å². The van der Waals surface area contributed by atoms with Gasteiger partial charge in [-0.3, -0.25) is 9.69 Å². The lowest BCUT2D eigenvalue weighted by Gasteiger charge is -2.40. The van der Waals surface area contributed by atoms with Crippen molar-refractivity contribution in [3.8, 4) is 0 Å². The maximum Gasteiger partial charge on any atom is 0.230 e. The fraction of sp³-hybridized carbons (Fsp3) is 0.500.